The highest BCUT2D eigenvalue weighted by atomic mass is 32.2. The molecular formula is C24H31N3O4S. The van der Waals surface area contributed by atoms with Gasteiger partial charge in [-0.05, 0) is 68.1 Å². The molecule has 0 aliphatic carbocycles. The Morgan fingerprint density at radius 2 is 1.72 bits per heavy atom. The first-order chi connectivity index (χ1) is 15.2. The Morgan fingerprint density at radius 1 is 1.03 bits per heavy atom. The number of esters is 1. The summed E-state index contributed by atoms with van der Waals surface area (Å²) in [6, 6.07) is 12.3. The average molecular weight is 458 g/mol. The second kappa shape index (κ2) is 12.1. The van der Waals surface area contributed by atoms with Gasteiger partial charge in [0.25, 0.3) is 0 Å². The number of azo groups is 1. The van der Waals surface area contributed by atoms with Crippen molar-refractivity contribution in [2.45, 2.75) is 43.9 Å². The van der Waals surface area contributed by atoms with E-state index >= 15 is 0 Å². The Morgan fingerprint density at radius 3 is 2.34 bits per heavy atom. The van der Waals surface area contributed by atoms with Gasteiger partial charge in [-0.1, -0.05) is 25.5 Å². The van der Waals surface area contributed by atoms with Crippen LogP contribution in [-0.2, 0) is 25.8 Å². The van der Waals surface area contributed by atoms with Crippen molar-refractivity contribution < 1.29 is 17.9 Å². The maximum atomic E-state index is 11.5. The molecule has 0 unspecified atom stereocenters. The fourth-order valence-corrected chi connectivity index (χ4v) is 3.60. The van der Waals surface area contributed by atoms with Gasteiger partial charge in [-0.15, -0.1) is 5.11 Å². The first kappa shape index (κ1) is 25.3. The molecule has 0 saturated carbocycles. The summed E-state index contributed by atoms with van der Waals surface area (Å²) in [6.45, 7) is 5.65. The summed E-state index contributed by atoms with van der Waals surface area (Å²) in [5.74, 6) is -0.326. The molecule has 2 aromatic carbocycles. The zero-order chi connectivity index (χ0) is 23.6. The highest BCUT2D eigenvalue weighted by molar-refractivity contribution is 7.90. The molecular weight excluding hydrogens is 426 g/mol. The van der Waals surface area contributed by atoms with Crippen molar-refractivity contribution in [2.75, 3.05) is 25.2 Å². The minimum atomic E-state index is -3.23. The molecule has 0 radical (unpaired) electrons. The van der Waals surface area contributed by atoms with Crippen LogP contribution in [0.1, 0.15) is 38.2 Å². The molecule has 0 aromatic heterocycles. The lowest BCUT2D eigenvalue weighted by Crippen LogP contribution is -2.06. The minimum absolute atomic E-state index is 0.254. The molecule has 0 atom stereocenters. The fourth-order valence-electron chi connectivity index (χ4n) is 2.97. The Kier molecular flexibility index (Phi) is 9.59. The van der Waals surface area contributed by atoms with Gasteiger partial charge in [0.15, 0.2) is 9.84 Å². The number of ether oxygens (including phenoxy) is 1. The van der Waals surface area contributed by atoms with Crippen LogP contribution in [0.25, 0.3) is 0 Å². The third kappa shape index (κ3) is 8.26. The molecule has 0 fully saturated rings. The lowest BCUT2D eigenvalue weighted by atomic mass is 10.0. The molecule has 0 bridgehead atoms. The van der Waals surface area contributed by atoms with Crippen LogP contribution in [0.2, 0.25) is 0 Å². The van der Waals surface area contributed by atoms with Gasteiger partial charge in [-0.2, -0.15) is 5.11 Å². The summed E-state index contributed by atoms with van der Waals surface area (Å²) >= 11 is 0. The van der Waals surface area contributed by atoms with E-state index in [1.54, 1.807) is 19.1 Å². The number of carbonyl (C=O) groups excluding carboxylic acids is 1. The number of hydrogen-bond donors (Lipinski definition) is 1. The highest BCUT2D eigenvalue weighted by Gasteiger charge is 2.07. The predicted octanol–water partition coefficient (Wildman–Crippen LogP) is 5.77. The lowest BCUT2D eigenvalue weighted by Gasteiger charge is -2.08. The maximum absolute atomic E-state index is 11.5. The number of rotatable bonds is 12. The Labute approximate surface area is 190 Å². The highest BCUT2D eigenvalue weighted by Crippen LogP contribution is 2.29. The van der Waals surface area contributed by atoms with Crippen molar-refractivity contribution in [1.29, 1.82) is 0 Å². The number of unbranched alkanes of at least 4 members (excludes halogenated alkanes) is 3. The monoisotopic (exact) mass is 457 g/mol. The molecule has 8 heteroatoms. The second-order valence-electron chi connectivity index (χ2n) is 7.65. The number of anilines is 1. The molecule has 0 aliphatic heterocycles. The van der Waals surface area contributed by atoms with Crippen LogP contribution in [0.5, 0.6) is 0 Å². The van der Waals surface area contributed by atoms with E-state index in [-0.39, 0.29) is 10.9 Å². The van der Waals surface area contributed by atoms with Gasteiger partial charge < -0.3 is 10.1 Å². The van der Waals surface area contributed by atoms with E-state index in [2.05, 4.69) is 28.2 Å². The lowest BCUT2D eigenvalue weighted by molar-refractivity contribution is -0.139. The molecule has 2 aromatic rings. The average Bonchev–Trinajstić information content (AvgIpc) is 2.76. The van der Waals surface area contributed by atoms with E-state index < -0.39 is 9.84 Å². The normalized spacial score (nSPS) is 11.5. The van der Waals surface area contributed by atoms with Crippen molar-refractivity contribution in [2.24, 2.45) is 10.2 Å². The third-order valence-electron chi connectivity index (χ3n) is 4.81. The van der Waals surface area contributed by atoms with Gasteiger partial charge in [-0.3, -0.25) is 0 Å². The quantitative estimate of drug-likeness (QED) is 0.189. The summed E-state index contributed by atoms with van der Waals surface area (Å²) in [5.41, 5.74) is 3.81. The maximum Gasteiger partial charge on any atom is 0.333 e. The van der Waals surface area contributed by atoms with Crippen molar-refractivity contribution in [3.8, 4) is 0 Å². The molecule has 32 heavy (non-hydrogen) atoms. The summed E-state index contributed by atoms with van der Waals surface area (Å²) in [4.78, 5) is 11.6. The van der Waals surface area contributed by atoms with Crippen LogP contribution < -0.4 is 5.32 Å². The first-order valence-electron chi connectivity index (χ1n) is 10.6. The smallest absolute Gasteiger partial charge is 0.333 e. The van der Waals surface area contributed by atoms with E-state index in [0.29, 0.717) is 23.6 Å². The number of nitrogens with zero attached hydrogens (tertiary/aromatic N) is 2. The van der Waals surface area contributed by atoms with Crippen molar-refractivity contribution >= 4 is 32.9 Å². The summed E-state index contributed by atoms with van der Waals surface area (Å²) in [7, 11) is -1.39. The fraction of sp³-hybridized carbons (Fsp3) is 0.375. The minimum Gasteiger partial charge on any atom is -0.462 e. The van der Waals surface area contributed by atoms with E-state index in [4.69, 9.17) is 4.74 Å². The van der Waals surface area contributed by atoms with Gasteiger partial charge in [-0.25, -0.2) is 13.2 Å². The number of aryl methyl sites for hydroxylation is 1. The van der Waals surface area contributed by atoms with Crippen LogP contribution in [0.3, 0.4) is 0 Å². The van der Waals surface area contributed by atoms with E-state index in [9.17, 15) is 13.2 Å². The van der Waals surface area contributed by atoms with Gasteiger partial charge in [0.05, 0.1) is 22.9 Å². The van der Waals surface area contributed by atoms with Crippen molar-refractivity contribution in [3.05, 3.63) is 60.2 Å². The first-order valence-corrected chi connectivity index (χ1v) is 12.4. The van der Waals surface area contributed by atoms with Crippen LogP contribution in [0, 0.1) is 0 Å². The molecule has 172 valence electrons. The number of hydrogen-bond acceptors (Lipinski definition) is 7. The van der Waals surface area contributed by atoms with Gasteiger partial charge in [0.1, 0.15) is 5.69 Å². The Hall–Kier alpha value is -3.00. The van der Waals surface area contributed by atoms with Crippen LogP contribution in [0.4, 0.5) is 17.1 Å². The molecule has 0 aliphatic rings. The van der Waals surface area contributed by atoms with Crippen LogP contribution in [0.15, 0.2) is 69.7 Å². The van der Waals surface area contributed by atoms with Crippen LogP contribution >= 0.6 is 0 Å². The van der Waals surface area contributed by atoms with E-state index in [1.807, 2.05) is 19.2 Å². The van der Waals surface area contributed by atoms with E-state index in [0.717, 1.165) is 37.8 Å². The molecule has 0 heterocycles. The van der Waals surface area contributed by atoms with Crippen molar-refractivity contribution in [1.82, 2.24) is 0 Å². The summed E-state index contributed by atoms with van der Waals surface area (Å²) in [6.07, 6.45) is 6.09. The second-order valence-corrected chi connectivity index (χ2v) is 9.66. The summed E-state index contributed by atoms with van der Waals surface area (Å²) in [5, 5.41) is 11.7. The third-order valence-corrected chi connectivity index (χ3v) is 5.94. The van der Waals surface area contributed by atoms with Crippen molar-refractivity contribution in [3.63, 3.8) is 0 Å². The molecule has 0 amide bonds. The SMILES string of the molecule is C=C(C)C(=O)OCCCCCCc1ccc(N=Nc2ccc(S(C)(=O)=O)cc2)c(NC)c1. The number of nitrogens with one attached hydrogen (secondary N) is 1. The largest absolute Gasteiger partial charge is 0.462 e. The molecule has 1 N–H and O–H groups in total. The zero-order valence-electron chi connectivity index (χ0n) is 18.9. The zero-order valence-corrected chi connectivity index (χ0v) is 19.7. The Balaban J connectivity index is 1.85. The number of benzene rings is 2. The predicted molar refractivity (Wildman–Crippen MR) is 128 cm³/mol. The number of sulfone groups is 1. The Bertz CT molecular complexity index is 1060. The molecule has 0 saturated heterocycles. The van der Waals surface area contributed by atoms with Gasteiger partial charge in [0, 0.05) is 18.9 Å². The molecule has 0 spiro atoms. The van der Waals surface area contributed by atoms with Crippen LogP contribution in [-0.4, -0.2) is 34.3 Å². The topological polar surface area (TPSA) is 97.2 Å². The molecule has 7 nitrogen and oxygen atoms in total. The van der Waals surface area contributed by atoms with E-state index in [1.165, 1.54) is 24.0 Å². The number of carbonyl (C=O) groups is 1. The molecule has 2 rings (SSSR count). The summed E-state index contributed by atoms with van der Waals surface area (Å²) < 4.78 is 28.2. The van der Waals surface area contributed by atoms with Gasteiger partial charge in [0.2, 0.25) is 0 Å². The standard InChI is InChI=1S/C24H31N3O4S/c1-18(2)24(28)31-16-8-6-5-7-9-19-10-15-22(23(17-19)25-3)27-26-20-11-13-21(14-12-20)32(4,29)30/h10-15,17,25H,1,5-9,16H2,2-4H3. The van der Waals surface area contributed by atoms with Gasteiger partial charge >= 0.3 is 5.97 Å².